The summed E-state index contributed by atoms with van der Waals surface area (Å²) >= 11 is 5.76. The Hall–Kier alpha value is -0.320. The maximum Gasteiger partial charge on any atom is 0.0797 e. The van der Waals surface area contributed by atoms with Crippen molar-refractivity contribution in [2.45, 2.75) is 56.7 Å². The molecule has 0 bridgehead atoms. The lowest BCUT2D eigenvalue weighted by Gasteiger charge is -2.60. The van der Waals surface area contributed by atoms with Crippen LogP contribution in [0.2, 0.25) is 0 Å². The van der Waals surface area contributed by atoms with Crippen LogP contribution in [-0.2, 0) is 10.4 Å². The van der Waals surface area contributed by atoms with Gasteiger partial charge >= 0.3 is 0 Å². The maximum atomic E-state index is 8.52. The van der Waals surface area contributed by atoms with Crippen molar-refractivity contribution >= 4 is 27.6 Å². The van der Waals surface area contributed by atoms with E-state index in [9.17, 15) is 0 Å². The largest absolute Gasteiger partial charge is 0.759 e. The topological polar surface area (TPSA) is 98.8 Å². The zero-order valence-corrected chi connectivity index (χ0v) is 16.2. The Morgan fingerprint density at radius 2 is 1.84 bits per heavy atom. The minimum absolute atomic E-state index is 0.610. The fourth-order valence-electron chi connectivity index (χ4n) is 5.51. The Morgan fingerprint density at radius 3 is 2.48 bits per heavy atom. The van der Waals surface area contributed by atoms with Crippen molar-refractivity contribution < 1.29 is 17.5 Å². The molecule has 0 aromatic rings. The quantitative estimate of drug-likeness (QED) is 0.394. The van der Waals surface area contributed by atoms with Crippen molar-refractivity contribution in [2.24, 2.45) is 11.8 Å². The van der Waals surface area contributed by atoms with Gasteiger partial charge in [0.1, 0.15) is 0 Å². The highest BCUT2D eigenvalue weighted by Gasteiger charge is 2.50. The first-order chi connectivity index (χ1) is 11.8. The van der Waals surface area contributed by atoms with Crippen molar-refractivity contribution in [2.75, 3.05) is 26.7 Å². The lowest BCUT2D eigenvalue weighted by Crippen LogP contribution is -2.67. The van der Waals surface area contributed by atoms with E-state index in [1.165, 1.54) is 56.7 Å². The van der Waals surface area contributed by atoms with Crippen molar-refractivity contribution in [3.8, 4) is 0 Å². The Labute approximate surface area is 155 Å². The second-order valence-corrected chi connectivity index (χ2v) is 8.97. The second-order valence-electron chi connectivity index (χ2n) is 7.68. The smallest absolute Gasteiger partial charge is 0.0797 e. The molecule has 4 heterocycles. The van der Waals surface area contributed by atoms with Gasteiger partial charge < -0.3 is 19.3 Å². The summed E-state index contributed by atoms with van der Waals surface area (Å²) in [4.78, 5) is 6.71. The number of nitrogens with one attached hydrogen (secondary N) is 1. The predicted octanol–water partition coefficient (Wildman–Crippen LogP) is 0.532. The molecule has 0 saturated carbocycles. The number of nitrogens with zero attached hydrogens (tertiary/aromatic N) is 2. The summed E-state index contributed by atoms with van der Waals surface area (Å²) in [5, 5.41) is 3.49. The molecule has 9 heteroatoms. The normalized spacial score (nSPS) is 38.3. The fraction of sp³-hybridized carbons (Fsp3) is 0.938. The molecule has 4 aliphatic heterocycles. The first kappa shape index (κ1) is 19.4. The molecular weight excluding hydrogens is 362 g/mol. The second kappa shape index (κ2) is 7.74. The summed E-state index contributed by atoms with van der Waals surface area (Å²) in [6.07, 6.45) is 8.04. The lowest BCUT2D eigenvalue weighted by atomic mass is 9.67. The summed E-state index contributed by atoms with van der Waals surface area (Å²) in [7, 11) is -3.07. The predicted molar refractivity (Wildman–Crippen MR) is 96.5 cm³/mol. The van der Waals surface area contributed by atoms with E-state index in [0.29, 0.717) is 6.04 Å². The van der Waals surface area contributed by atoms with Crippen LogP contribution in [0.15, 0.2) is 0 Å². The highest BCUT2D eigenvalue weighted by molar-refractivity contribution is 7.80. The van der Waals surface area contributed by atoms with E-state index in [2.05, 4.69) is 22.2 Å². The molecule has 25 heavy (non-hydrogen) atoms. The Morgan fingerprint density at radius 1 is 1.20 bits per heavy atom. The van der Waals surface area contributed by atoms with Crippen LogP contribution >= 0.6 is 12.2 Å². The molecule has 4 saturated heterocycles. The van der Waals surface area contributed by atoms with Crippen LogP contribution in [-0.4, -0.2) is 77.1 Å². The molecular formula is C16H27N3O4S2-2. The van der Waals surface area contributed by atoms with Gasteiger partial charge in [-0.25, -0.2) is 0 Å². The minimum atomic E-state index is -5.17. The van der Waals surface area contributed by atoms with Gasteiger partial charge in [0.2, 0.25) is 0 Å². The van der Waals surface area contributed by atoms with Crippen LogP contribution in [0.1, 0.15) is 38.5 Å². The molecule has 144 valence electrons. The molecule has 5 atom stereocenters. The highest BCUT2D eigenvalue weighted by Crippen LogP contribution is 2.44. The molecule has 7 nitrogen and oxygen atoms in total. The number of hydrogen-bond acceptors (Lipinski definition) is 7. The lowest BCUT2D eigenvalue weighted by molar-refractivity contribution is -0.0617. The summed E-state index contributed by atoms with van der Waals surface area (Å²) in [5.41, 5.74) is 0. The van der Waals surface area contributed by atoms with Gasteiger partial charge in [-0.2, -0.15) is 0 Å². The van der Waals surface area contributed by atoms with Crippen molar-refractivity contribution in [3.63, 3.8) is 0 Å². The van der Waals surface area contributed by atoms with Gasteiger partial charge in [0.05, 0.1) is 4.99 Å². The molecule has 1 N–H and O–H groups in total. The van der Waals surface area contributed by atoms with Crippen LogP contribution < -0.4 is 5.32 Å². The van der Waals surface area contributed by atoms with Crippen LogP contribution in [0.5, 0.6) is 0 Å². The third-order valence-corrected chi connectivity index (χ3v) is 6.75. The Kier molecular flexibility index (Phi) is 6.02. The van der Waals surface area contributed by atoms with Crippen molar-refractivity contribution in [1.82, 2.24) is 15.1 Å². The van der Waals surface area contributed by atoms with Crippen LogP contribution in [0, 0.1) is 11.8 Å². The van der Waals surface area contributed by atoms with Crippen LogP contribution in [0.25, 0.3) is 0 Å². The summed E-state index contributed by atoms with van der Waals surface area (Å²) in [6, 6.07) is 2.20. The van der Waals surface area contributed by atoms with Crippen LogP contribution in [0.3, 0.4) is 0 Å². The summed E-state index contributed by atoms with van der Waals surface area (Å²) < 4.78 is 34.1. The molecule has 4 rings (SSSR count). The molecule has 4 aliphatic rings. The van der Waals surface area contributed by atoms with E-state index < -0.39 is 10.4 Å². The molecule has 1 unspecified atom stereocenters. The number of thiocarbonyl (C=S) groups is 1. The first-order valence-electron chi connectivity index (χ1n) is 9.15. The number of fused-ring (bicyclic) bond motifs is 2. The summed E-state index contributed by atoms with van der Waals surface area (Å²) in [6.45, 7) is 3.95. The van der Waals surface area contributed by atoms with Gasteiger partial charge in [-0.15, -0.1) is 0 Å². The average Bonchev–Trinajstić information content (AvgIpc) is 2.54. The maximum absolute atomic E-state index is 8.52. The van der Waals surface area contributed by atoms with Gasteiger partial charge in [-0.3, -0.25) is 13.3 Å². The van der Waals surface area contributed by atoms with Crippen molar-refractivity contribution in [3.05, 3.63) is 0 Å². The Balaban J connectivity index is 0.000000324. The van der Waals surface area contributed by atoms with E-state index in [1.54, 1.807) is 0 Å². The van der Waals surface area contributed by atoms with Gasteiger partial charge in [0.25, 0.3) is 0 Å². The first-order valence-corrected chi connectivity index (χ1v) is 10.9. The van der Waals surface area contributed by atoms with E-state index in [4.69, 9.17) is 29.7 Å². The molecule has 0 aliphatic carbocycles. The minimum Gasteiger partial charge on any atom is -0.759 e. The van der Waals surface area contributed by atoms with Crippen LogP contribution in [0.4, 0.5) is 0 Å². The molecule has 0 aromatic carbocycles. The SMILES string of the molecule is CNC1CC(=S)N2C[C@@H]3CCCN4CCC[C@@H]([C@H]34)[C@H]2C1.O=S(=O)([O-])[O-]. The molecule has 4 fully saturated rings. The number of hydrogen-bond donors (Lipinski definition) is 1. The number of rotatable bonds is 1. The third-order valence-electron chi connectivity index (χ3n) is 6.35. The Bertz CT molecular complexity index is 590. The average molecular weight is 390 g/mol. The van der Waals surface area contributed by atoms with Gasteiger partial charge in [-0.1, -0.05) is 12.2 Å². The van der Waals surface area contributed by atoms with Crippen molar-refractivity contribution in [1.29, 1.82) is 0 Å². The fourth-order valence-corrected chi connectivity index (χ4v) is 5.92. The molecule has 0 amide bonds. The van der Waals surface area contributed by atoms with Gasteiger partial charge in [0, 0.05) is 41.5 Å². The van der Waals surface area contributed by atoms with E-state index in [0.717, 1.165) is 30.3 Å². The molecule has 0 radical (unpaired) electrons. The standard InChI is InChI=1S/C16H27N3S.H2O4S/c1-17-12-8-14-13-5-3-7-18-6-2-4-11(16(13)18)10-19(14)15(20)9-12;1-5(2,3)4/h11-14,16-17H,2-10H2,1H3;(H2,1,2,3,4)/p-2/t11-,12?,13+,14+,16-;/m0./s1. The van der Waals surface area contributed by atoms with E-state index >= 15 is 0 Å². The van der Waals surface area contributed by atoms with Gasteiger partial charge in [0.15, 0.2) is 0 Å². The zero-order chi connectivity index (χ0) is 18.2. The monoisotopic (exact) mass is 389 g/mol. The summed E-state index contributed by atoms with van der Waals surface area (Å²) in [5.74, 6) is 1.76. The highest BCUT2D eigenvalue weighted by atomic mass is 32.3. The van der Waals surface area contributed by atoms with E-state index in [-0.39, 0.29) is 0 Å². The van der Waals surface area contributed by atoms with E-state index in [1.807, 2.05) is 0 Å². The van der Waals surface area contributed by atoms with Gasteiger partial charge in [-0.05, 0) is 64.1 Å². The zero-order valence-electron chi connectivity index (χ0n) is 14.6. The molecule has 0 spiro atoms. The number of piperidine rings is 4. The third kappa shape index (κ3) is 4.51. The molecule has 0 aromatic heterocycles.